The average Bonchev–Trinajstić information content (AvgIpc) is 2.63. The maximum atomic E-state index is 5.38. The Morgan fingerprint density at radius 1 is 1.58 bits per heavy atom. The van der Waals surface area contributed by atoms with E-state index in [0.29, 0.717) is 12.4 Å². The molecule has 62 valence electrons. The summed E-state index contributed by atoms with van der Waals surface area (Å²) >= 11 is 0. The van der Waals surface area contributed by atoms with Crippen molar-refractivity contribution in [3.63, 3.8) is 0 Å². The van der Waals surface area contributed by atoms with Crippen LogP contribution in [-0.2, 0) is 6.54 Å². The van der Waals surface area contributed by atoms with Gasteiger partial charge in [0.05, 0.1) is 12.5 Å². The number of hydrogen-bond donors (Lipinski definition) is 1. The molecule has 0 saturated heterocycles. The van der Waals surface area contributed by atoms with Crippen LogP contribution in [0.25, 0.3) is 0 Å². The van der Waals surface area contributed by atoms with Crippen LogP contribution in [0.1, 0.15) is 5.76 Å². The molecular weight excluding hydrogens is 156 g/mol. The number of nitrogens with two attached hydrogens (primary N) is 1. The minimum atomic E-state index is 0.418. The summed E-state index contributed by atoms with van der Waals surface area (Å²) in [6.07, 6.45) is 3.28. The second kappa shape index (κ2) is 2.69. The van der Waals surface area contributed by atoms with Crippen LogP contribution in [0.5, 0.6) is 0 Å². The van der Waals surface area contributed by atoms with Crippen molar-refractivity contribution in [2.24, 2.45) is 0 Å². The van der Waals surface area contributed by atoms with Gasteiger partial charge in [0.1, 0.15) is 12.3 Å². The Balaban J connectivity index is 2.14. The van der Waals surface area contributed by atoms with E-state index in [9.17, 15) is 0 Å². The van der Waals surface area contributed by atoms with E-state index in [0.717, 1.165) is 5.76 Å². The second-order valence-electron chi connectivity index (χ2n) is 2.42. The van der Waals surface area contributed by atoms with Gasteiger partial charge in [-0.15, -0.1) is 5.10 Å². The number of nitrogen functional groups attached to an aromatic ring is 1. The third-order valence-electron chi connectivity index (χ3n) is 1.45. The summed E-state index contributed by atoms with van der Waals surface area (Å²) in [5.41, 5.74) is 5.38. The van der Waals surface area contributed by atoms with Crippen LogP contribution in [0.4, 0.5) is 5.82 Å². The van der Waals surface area contributed by atoms with Gasteiger partial charge in [-0.05, 0) is 12.1 Å². The molecule has 12 heavy (non-hydrogen) atoms. The lowest BCUT2D eigenvalue weighted by atomic mass is 10.4. The first-order valence-electron chi connectivity index (χ1n) is 3.52. The van der Waals surface area contributed by atoms with Crippen molar-refractivity contribution in [3.05, 3.63) is 30.4 Å². The number of aromatic nitrogens is 3. The van der Waals surface area contributed by atoms with Gasteiger partial charge in [-0.2, -0.15) is 0 Å². The number of hydrogen-bond acceptors (Lipinski definition) is 4. The van der Waals surface area contributed by atoms with Crippen molar-refractivity contribution in [2.75, 3.05) is 5.73 Å². The van der Waals surface area contributed by atoms with Gasteiger partial charge in [0.2, 0.25) is 0 Å². The summed E-state index contributed by atoms with van der Waals surface area (Å²) in [5, 5.41) is 7.42. The Morgan fingerprint density at radius 2 is 2.50 bits per heavy atom. The smallest absolute Gasteiger partial charge is 0.165 e. The van der Waals surface area contributed by atoms with Gasteiger partial charge in [-0.1, -0.05) is 5.21 Å². The van der Waals surface area contributed by atoms with Gasteiger partial charge in [0.25, 0.3) is 0 Å². The number of rotatable bonds is 2. The van der Waals surface area contributed by atoms with Crippen LogP contribution in [0.3, 0.4) is 0 Å². The standard InChI is InChI=1S/C7H8N4O/c8-7-5-11(10-9-7)4-6-2-1-3-12-6/h1-3,5H,4,8H2. The minimum absolute atomic E-state index is 0.418. The van der Waals surface area contributed by atoms with Gasteiger partial charge < -0.3 is 10.2 Å². The zero-order chi connectivity index (χ0) is 8.39. The first-order chi connectivity index (χ1) is 5.84. The van der Waals surface area contributed by atoms with Gasteiger partial charge in [0.15, 0.2) is 5.82 Å². The molecule has 0 fully saturated rings. The molecule has 0 radical (unpaired) electrons. The van der Waals surface area contributed by atoms with Crippen LogP contribution in [-0.4, -0.2) is 15.0 Å². The minimum Gasteiger partial charge on any atom is -0.467 e. The Bertz CT molecular complexity index is 351. The van der Waals surface area contributed by atoms with E-state index in [2.05, 4.69) is 10.3 Å². The number of furan rings is 1. The van der Waals surface area contributed by atoms with E-state index in [4.69, 9.17) is 10.2 Å². The first kappa shape index (κ1) is 6.90. The quantitative estimate of drug-likeness (QED) is 0.701. The molecule has 0 saturated carbocycles. The largest absolute Gasteiger partial charge is 0.467 e. The molecule has 2 aromatic heterocycles. The van der Waals surface area contributed by atoms with Crippen molar-refractivity contribution >= 4 is 5.82 Å². The number of nitrogens with zero attached hydrogens (tertiary/aromatic N) is 3. The fraction of sp³-hybridized carbons (Fsp3) is 0.143. The Labute approximate surface area is 68.8 Å². The topological polar surface area (TPSA) is 69.9 Å². The van der Waals surface area contributed by atoms with Crippen molar-refractivity contribution in [1.82, 2.24) is 15.0 Å². The lowest BCUT2D eigenvalue weighted by Gasteiger charge is -1.93. The predicted molar refractivity (Wildman–Crippen MR) is 42.2 cm³/mol. The van der Waals surface area contributed by atoms with Crippen LogP contribution < -0.4 is 5.73 Å². The average molecular weight is 164 g/mol. The molecule has 0 aliphatic rings. The van der Waals surface area contributed by atoms with Crippen LogP contribution in [0.15, 0.2) is 29.0 Å². The monoisotopic (exact) mass is 164 g/mol. The van der Waals surface area contributed by atoms with Crippen molar-refractivity contribution < 1.29 is 4.42 Å². The Hall–Kier alpha value is -1.78. The molecule has 2 rings (SSSR count). The molecule has 2 heterocycles. The molecular formula is C7H8N4O. The number of anilines is 1. The molecule has 0 aromatic carbocycles. The second-order valence-corrected chi connectivity index (χ2v) is 2.42. The van der Waals surface area contributed by atoms with E-state index in [1.807, 2.05) is 12.1 Å². The molecule has 0 bridgehead atoms. The fourth-order valence-electron chi connectivity index (χ4n) is 0.953. The normalized spacial score (nSPS) is 10.3. The first-order valence-corrected chi connectivity index (χ1v) is 3.52. The highest BCUT2D eigenvalue weighted by Gasteiger charge is 1.99. The van der Waals surface area contributed by atoms with Crippen molar-refractivity contribution in [2.45, 2.75) is 6.54 Å². The summed E-state index contributed by atoms with van der Waals surface area (Å²) in [4.78, 5) is 0. The Kier molecular flexibility index (Phi) is 1.55. The Morgan fingerprint density at radius 3 is 3.08 bits per heavy atom. The maximum Gasteiger partial charge on any atom is 0.165 e. The highest BCUT2D eigenvalue weighted by molar-refractivity contribution is 5.20. The highest BCUT2D eigenvalue weighted by Crippen LogP contribution is 2.02. The molecule has 5 heteroatoms. The lowest BCUT2D eigenvalue weighted by molar-refractivity contribution is 0.475. The molecule has 2 aromatic rings. The van der Waals surface area contributed by atoms with Crippen LogP contribution in [0, 0.1) is 0 Å². The predicted octanol–water partition coefficient (Wildman–Crippen LogP) is 0.502. The molecule has 5 nitrogen and oxygen atoms in total. The summed E-state index contributed by atoms with van der Waals surface area (Å²) in [7, 11) is 0. The third kappa shape index (κ3) is 1.29. The molecule has 0 aliphatic heterocycles. The van der Waals surface area contributed by atoms with E-state index < -0.39 is 0 Å². The van der Waals surface area contributed by atoms with Crippen molar-refractivity contribution in [3.8, 4) is 0 Å². The van der Waals surface area contributed by atoms with Gasteiger partial charge in [-0.25, -0.2) is 4.68 Å². The summed E-state index contributed by atoms with van der Waals surface area (Å²) < 4.78 is 6.74. The summed E-state index contributed by atoms with van der Waals surface area (Å²) in [5.74, 6) is 1.25. The molecule has 0 unspecified atom stereocenters. The van der Waals surface area contributed by atoms with E-state index in [1.165, 1.54) is 0 Å². The molecule has 2 N–H and O–H groups in total. The summed E-state index contributed by atoms with van der Waals surface area (Å²) in [6, 6.07) is 3.70. The third-order valence-corrected chi connectivity index (χ3v) is 1.45. The van der Waals surface area contributed by atoms with Crippen LogP contribution in [0.2, 0.25) is 0 Å². The highest BCUT2D eigenvalue weighted by atomic mass is 16.3. The van der Waals surface area contributed by atoms with Crippen LogP contribution >= 0.6 is 0 Å². The zero-order valence-electron chi connectivity index (χ0n) is 6.34. The van der Waals surface area contributed by atoms with Gasteiger partial charge in [0, 0.05) is 0 Å². The van der Waals surface area contributed by atoms with Gasteiger partial charge in [-0.3, -0.25) is 0 Å². The SMILES string of the molecule is Nc1cn(Cc2ccco2)nn1. The van der Waals surface area contributed by atoms with Crippen molar-refractivity contribution in [1.29, 1.82) is 0 Å². The van der Waals surface area contributed by atoms with E-state index in [1.54, 1.807) is 17.1 Å². The molecule has 0 atom stereocenters. The molecule has 0 aliphatic carbocycles. The molecule has 0 amide bonds. The zero-order valence-corrected chi connectivity index (χ0v) is 6.34. The van der Waals surface area contributed by atoms with E-state index >= 15 is 0 Å². The van der Waals surface area contributed by atoms with Gasteiger partial charge >= 0.3 is 0 Å². The lowest BCUT2D eigenvalue weighted by Crippen LogP contribution is -1.98. The van der Waals surface area contributed by atoms with E-state index in [-0.39, 0.29) is 0 Å². The maximum absolute atomic E-state index is 5.38. The fourth-order valence-corrected chi connectivity index (χ4v) is 0.953. The molecule has 0 spiro atoms. The summed E-state index contributed by atoms with van der Waals surface area (Å²) in [6.45, 7) is 0.567.